The maximum atomic E-state index is 12.5. The molecule has 6 nitrogen and oxygen atoms in total. The highest BCUT2D eigenvalue weighted by Crippen LogP contribution is 2.32. The fourth-order valence-corrected chi connectivity index (χ4v) is 4.55. The predicted molar refractivity (Wildman–Crippen MR) is 92.0 cm³/mol. The summed E-state index contributed by atoms with van der Waals surface area (Å²) in [6, 6.07) is 6.50. The predicted octanol–water partition coefficient (Wildman–Crippen LogP) is 3.85. The van der Waals surface area contributed by atoms with Gasteiger partial charge in [0.1, 0.15) is 0 Å². The summed E-state index contributed by atoms with van der Waals surface area (Å²) < 4.78 is 68.5. The Morgan fingerprint density at radius 3 is 2.41 bits per heavy atom. The number of halogens is 3. The van der Waals surface area contributed by atoms with Gasteiger partial charge in [0.15, 0.2) is 0 Å². The van der Waals surface area contributed by atoms with Crippen LogP contribution in [0.25, 0.3) is 11.4 Å². The van der Waals surface area contributed by atoms with Crippen LogP contribution >= 0.6 is 0 Å². The van der Waals surface area contributed by atoms with Crippen molar-refractivity contribution in [3.63, 3.8) is 0 Å². The molecule has 0 N–H and O–H groups in total. The quantitative estimate of drug-likeness (QED) is 0.669. The van der Waals surface area contributed by atoms with Crippen molar-refractivity contribution in [2.24, 2.45) is 0 Å². The number of aromatic nitrogens is 2. The van der Waals surface area contributed by atoms with Crippen LogP contribution in [0, 0.1) is 0 Å². The van der Waals surface area contributed by atoms with Crippen LogP contribution in [-0.2, 0) is 22.7 Å². The molecule has 27 heavy (non-hydrogen) atoms. The number of benzene rings is 1. The molecule has 0 amide bonds. The van der Waals surface area contributed by atoms with Crippen molar-refractivity contribution < 1.29 is 26.1 Å². The fourth-order valence-electron chi connectivity index (χ4n) is 2.66. The molecule has 0 unspecified atom stereocenters. The molecular formula is C17H20F3N3O3S. The summed E-state index contributed by atoms with van der Waals surface area (Å²) >= 11 is 0. The first kappa shape index (κ1) is 19.8. The average molecular weight is 403 g/mol. The lowest BCUT2D eigenvalue weighted by atomic mass is 10.1. The molecule has 1 aliphatic carbocycles. The summed E-state index contributed by atoms with van der Waals surface area (Å²) in [7, 11) is -3.33. The summed E-state index contributed by atoms with van der Waals surface area (Å²) in [5, 5.41) is 3.34. The molecule has 0 bridgehead atoms. The van der Waals surface area contributed by atoms with Gasteiger partial charge in [0.2, 0.25) is 15.8 Å². The molecule has 1 aromatic carbocycles. The van der Waals surface area contributed by atoms with Crippen molar-refractivity contribution in [1.29, 1.82) is 0 Å². The number of rotatable bonds is 8. The van der Waals surface area contributed by atoms with Gasteiger partial charge in [-0.25, -0.2) is 8.42 Å². The van der Waals surface area contributed by atoms with E-state index in [1.807, 2.05) is 6.92 Å². The van der Waals surface area contributed by atoms with Gasteiger partial charge in [0.25, 0.3) is 0 Å². The van der Waals surface area contributed by atoms with Crippen molar-refractivity contribution in [1.82, 2.24) is 14.4 Å². The van der Waals surface area contributed by atoms with E-state index in [1.165, 1.54) is 4.31 Å². The SMILES string of the molecule is CCCCS(=O)(=O)N(Cc1ccc(-c2noc(C(F)(F)F)n2)cc1)C1CC1. The number of sulfonamides is 1. The third kappa shape index (κ3) is 4.86. The van der Waals surface area contributed by atoms with E-state index in [0.29, 0.717) is 12.0 Å². The largest absolute Gasteiger partial charge is 0.471 e. The Morgan fingerprint density at radius 2 is 1.89 bits per heavy atom. The maximum Gasteiger partial charge on any atom is 0.471 e. The highest BCUT2D eigenvalue weighted by molar-refractivity contribution is 7.89. The molecule has 3 rings (SSSR count). The smallest absolute Gasteiger partial charge is 0.329 e. The van der Waals surface area contributed by atoms with Crippen LogP contribution in [0.5, 0.6) is 0 Å². The second-order valence-corrected chi connectivity index (χ2v) is 8.60. The van der Waals surface area contributed by atoms with E-state index in [9.17, 15) is 21.6 Å². The normalized spacial score (nSPS) is 15.4. The van der Waals surface area contributed by atoms with Gasteiger partial charge in [-0.3, -0.25) is 0 Å². The van der Waals surface area contributed by atoms with Gasteiger partial charge in [0, 0.05) is 18.2 Å². The van der Waals surface area contributed by atoms with Crippen LogP contribution in [0.2, 0.25) is 0 Å². The summed E-state index contributed by atoms with van der Waals surface area (Å²) in [6.07, 6.45) is -1.57. The Bertz CT molecular complexity index is 875. The molecule has 0 saturated heterocycles. The zero-order valence-corrected chi connectivity index (χ0v) is 15.6. The highest BCUT2D eigenvalue weighted by atomic mass is 32.2. The lowest BCUT2D eigenvalue weighted by Gasteiger charge is -2.22. The van der Waals surface area contributed by atoms with E-state index in [4.69, 9.17) is 0 Å². The second-order valence-electron chi connectivity index (χ2n) is 6.56. The first-order valence-electron chi connectivity index (χ1n) is 8.70. The van der Waals surface area contributed by atoms with E-state index in [1.54, 1.807) is 24.3 Å². The molecule has 1 fully saturated rings. The lowest BCUT2D eigenvalue weighted by Crippen LogP contribution is -2.34. The zero-order chi connectivity index (χ0) is 19.7. The monoisotopic (exact) mass is 403 g/mol. The molecule has 1 heterocycles. The Balaban J connectivity index is 1.74. The highest BCUT2D eigenvalue weighted by Gasteiger charge is 2.39. The molecule has 0 spiro atoms. The molecule has 0 radical (unpaired) electrons. The number of unbranched alkanes of at least 4 members (excludes halogenated alkanes) is 1. The van der Waals surface area contributed by atoms with E-state index >= 15 is 0 Å². The van der Waals surface area contributed by atoms with Gasteiger partial charge in [-0.1, -0.05) is 42.8 Å². The average Bonchev–Trinajstić information content (AvgIpc) is 3.31. The Morgan fingerprint density at radius 1 is 1.22 bits per heavy atom. The van der Waals surface area contributed by atoms with Crippen LogP contribution in [0.4, 0.5) is 13.2 Å². The van der Waals surface area contributed by atoms with Gasteiger partial charge >= 0.3 is 12.1 Å². The second kappa shape index (κ2) is 7.59. The van der Waals surface area contributed by atoms with Gasteiger partial charge in [-0.2, -0.15) is 22.5 Å². The molecule has 0 aliphatic heterocycles. The Kier molecular flexibility index (Phi) is 5.57. The topological polar surface area (TPSA) is 76.3 Å². The van der Waals surface area contributed by atoms with Crippen LogP contribution < -0.4 is 0 Å². The summed E-state index contributed by atoms with van der Waals surface area (Å²) in [5.41, 5.74) is 1.12. The molecule has 10 heteroatoms. The maximum absolute atomic E-state index is 12.5. The minimum absolute atomic E-state index is 0.0399. The van der Waals surface area contributed by atoms with Crippen molar-refractivity contribution in [3.8, 4) is 11.4 Å². The van der Waals surface area contributed by atoms with E-state index in [0.717, 1.165) is 24.8 Å². The summed E-state index contributed by atoms with van der Waals surface area (Å²) in [4.78, 5) is 3.34. The number of nitrogens with zero attached hydrogens (tertiary/aromatic N) is 3. The van der Waals surface area contributed by atoms with Gasteiger partial charge < -0.3 is 4.52 Å². The number of alkyl halides is 3. The van der Waals surface area contributed by atoms with Gasteiger partial charge in [-0.15, -0.1) is 0 Å². The van der Waals surface area contributed by atoms with Gasteiger partial charge in [-0.05, 0) is 24.8 Å². The summed E-state index contributed by atoms with van der Waals surface area (Å²) in [6.45, 7) is 2.19. The van der Waals surface area contributed by atoms with Crippen LogP contribution in [0.15, 0.2) is 28.8 Å². The van der Waals surface area contributed by atoms with Gasteiger partial charge in [0.05, 0.1) is 5.75 Å². The third-order valence-corrected chi connectivity index (χ3v) is 6.23. The van der Waals surface area contributed by atoms with Crippen LogP contribution in [0.3, 0.4) is 0 Å². The van der Waals surface area contributed by atoms with Crippen molar-refractivity contribution in [2.75, 3.05) is 5.75 Å². The Labute approximate surface area is 155 Å². The standard InChI is InChI=1S/C17H20F3N3O3S/c1-2-3-10-27(24,25)23(14-8-9-14)11-12-4-6-13(7-5-12)15-21-16(26-22-15)17(18,19)20/h4-7,14H,2-3,8-11H2,1H3. The molecule has 1 aliphatic rings. The molecule has 0 atom stereocenters. The minimum Gasteiger partial charge on any atom is -0.329 e. The molecule has 1 saturated carbocycles. The minimum atomic E-state index is -4.69. The van der Waals surface area contributed by atoms with E-state index in [2.05, 4.69) is 14.7 Å². The molecule has 2 aromatic rings. The molecular weight excluding hydrogens is 383 g/mol. The summed E-state index contributed by atoms with van der Waals surface area (Å²) in [5.74, 6) is -1.44. The molecule has 148 valence electrons. The Hall–Kier alpha value is -1.94. The number of hydrogen-bond acceptors (Lipinski definition) is 5. The lowest BCUT2D eigenvalue weighted by molar-refractivity contribution is -0.159. The van der Waals surface area contributed by atoms with E-state index in [-0.39, 0.29) is 24.2 Å². The van der Waals surface area contributed by atoms with Crippen LogP contribution in [-0.4, -0.2) is 34.7 Å². The van der Waals surface area contributed by atoms with Crippen LogP contribution in [0.1, 0.15) is 44.1 Å². The van der Waals surface area contributed by atoms with E-state index < -0.39 is 22.1 Å². The van der Waals surface area contributed by atoms with Crippen molar-refractivity contribution >= 4 is 10.0 Å². The van der Waals surface area contributed by atoms with Crippen molar-refractivity contribution in [2.45, 2.75) is 51.4 Å². The first-order chi connectivity index (χ1) is 12.7. The molecule has 1 aromatic heterocycles. The zero-order valence-electron chi connectivity index (χ0n) is 14.7. The fraction of sp³-hybridized carbons (Fsp3) is 0.529. The number of hydrogen-bond donors (Lipinski definition) is 0. The first-order valence-corrected chi connectivity index (χ1v) is 10.3. The third-order valence-electron chi connectivity index (χ3n) is 4.29. The van der Waals surface area contributed by atoms with Crippen molar-refractivity contribution in [3.05, 3.63) is 35.7 Å².